The van der Waals surface area contributed by atoms with Gasteiger partial charge in [0, 0.05) is 6.42 Å². The fraction of sp³-hybridized carbons (Fsp3) is 0.938. The number of carbonyl (C=O) groups is 1. The summed E-state index contributed by atoms with van der Waals surface area (Å²) in [6.07, 6.45) is 48.8. The average molecular weight is 1430 g/mol. The predicted octanol–water partition coefficient (Wildman–Crippen LogP) is 14.1. The molecular weight excluding hydrogens is 1270 g/mol. The Morgan fingerprint density at radius 3 is 0.970 bits per heavy atom. The second-order valence-electron chi connectivity index (χ2n) is 29.9. The molecule has 12 N–H and O–H groups in total. The highest BCUT2D eigenvalue weighted by Crippen LogP contribution is 2.33. The quantitative estimate of drug-likeness (QED) is 0.0199. The molecule has 3 fully saturated rings. The van der Waals surface area contributed by atoms with E-state index in [9.17, 15) is 61.0 Å². The Balaban J connectivity index is 1.37. The van der Waals surface area contributed by atoms with Gasteiger partial charge >= 0.3 is 0 Å². The Morgan fingerprint density at radius 1 is 0.350 bits per heavy atom. The molecule has 100 heavy (non-hydrogen) atoms. The van der Waals surface area contributed by atoms with Crippen molar-refractivity contribution in [3.05, 3.63) is 24.3 Å². The largest absolute Gasteiger partial charge is 0.394 e. The summed E-state index contributed by atoms with van der Waals surface area (Å²) in [7, 11) is 0. The van der Waals surface area contributed by atoms with Crippen LogP contribution in [0.25, 0.3) is 0 Å². The molecule has 17 unspecified atom stereocenters. The first-order valence-corrected chi connectivity index (χ1v) is 41.6. The molecule has 17 atom stereocenters. The smallest absolute Gasteiger partial charge is 0.220 e. The summed E-state index contributed by atoms with van der Waals surface area (Å²) in [6.45, 7) is 1.80. The third-order valence-electron chi connectivity index (χ3n) is 21.0. The number of amides is 1. The van der Waals surface area contributed by atoms with Gasteiger partial charge in [0.2, 0.25) is 5.91 Å². The molecule has 590 valence electrons. The first-order valence-electron chi connectivity index (χ1n) is 41.6. The van der Waals surface area contributed by atoms with Gasteiger partial charge in [-0.05, 0) is 44.9 Å². The maximum Gasteiger partial charge on any atom is 0.220 e. The number of hydrogen-bond acceptors (Lipinski definition) is 18. The Kier molecular flexibility index (Phi) is 57.6. The van der Waals surface area contributed by atoms with E-state index in [1.54, 1.807) is 6.08 Å². The minimum atomic E-state index is -1.98. The van der Waals surface area contributed by atoms with Gasteiger partial charge in [0.05, 0.1) is 38.6 Å². The van der Waals surface area contributed by atoms with Crippen molar-refractivity contribution >= 4 is 5.91 Å². The summed E-state index contributed by atoms with van der Waals surface area (Å²) in [5.41, 5.74) is 0. The SMILES string of the molecule is CCCCCCCCCC/C=C\CCCCCCCCCCCCCCCCCC(=O)NC(COC1OC(CO)C(OC2OC(CO)C(OC3OC(CO)C(O)C(O)C3O)C(O)C2O)C(O)C1O)C(O)/C=C/CCCCCCCCCCCCCCCCCCCCCCCCCCCC. The van der Waals surface area contributed by atoms with Gasteiger partial charge in [-0.3, -0.25) is 4.79 Å². The first-order chi connectivity index (χ1) is 48.8. The van der Waals surface area contributed by atoms with E-state index in [0.717, 1.165) is 44.9 Å². The normalized spacial score (nSPS) is 26.5. The van der Waals surface area contributed by atoms with Crippen LogP contribution in [0.2, 0.25) is 0 Å². The van der Waals surface area contributed by atoms with Crippen LogP contribution in [0.3, 0.4) is 0 Å². The van der Waals surface area contributed by atoms with Crippen LogP contribution in [0.1, 0.15) is 354 Å². The zero-order valence-corrected chi connectivity index (χ0v) is 63.2. The van der Waals surface area contributed by atoms with Gasteiger partial charge in [0.15, 0.2) is 18.9 Å². The zero-order valence-electron chi connectivity index (χ0n) is 63.2. The van der Waals surface area contributed by atoms with Gasteiger partial charge in [-0.2, -0.15) is 0 Å². The lowest BCUT2D eigenvalue weighted by atomic mass is 9.96. The molecule has 0 bridgehead atoms. The number of aliphatic hydroxyl groups is 11. The van der Waals surface area contributed by atoms with Gasteiger partial charge < -0.3 is 89.9 Å². The molecule has 0 aliphatic carbocycles. The van der Waals surface area contributed by atoms with Crippen molar-refractivity contribution in [1.82, 2.24) is 5.32 Å². The lowest BCUT2D eigenvalue weighted by Crippen LogP contribution is -2.66. The van der Waals surface area contributed by atoms with E-state index < -0.39 is 124 Å². The lowest BCUT2D eigenvalue weighted by molar-refractivity contribution is -0.379. The third kappa shape index (κ3) is 42.0. The third-order valence-corrected chi connectivity index (χ3v) is 21.0. The molecule has 3 aliphatic rings. The van der Waals surface area contributed by atoms with Crippen molar-refractivity contribution in [1.29, 1.82) is 0 Å². The summed E-state index contributed by atoms with van der Waals surface area (Å²) in [4.78, 5) is 13.5. The van der Waals surface area contributed by atoms with E-state index in [4.69, 9.17) is 28.4 Å². The number of nitrogens with one attached hydrogen (secondary N) is 1. The molecule has 3 saturated heterocycles. The van der Waals surface area contributed by atoms with Gasteiger partial charge in [0.1, 0.15) is 73.2 Å². The van der Waals surface area contributed by atoms with Gasteiger partial charge in [-0.15, -0.1) is 0 Å². The Bertz CT molecular complexity index is 1900. The van der Waals surface area contributed by atoms with Crippen LogP contribution in [0.15, 0.2) is 24.3 Å². The molecule has 3 heterocycles. The Hall–Kier alpha value is -1.73. The average Bonchev–Trinajstić information content (AvgIpc) is 0.783. The molecule has 0 aromatic rings. The fourth-order valence-corrected chi connectivity index (χ4v) is 14.3. The second kappa shape index (κ2) is 62.3. The topological polar surface area (TPSA) is 307 Å². The minimum Gasteiger partial charge on any atom is -0.394 e. The molecular formula is C81H153NO18. The van der Waals surface area contributed by atoms with E-state index >= 15 is 0 Å². The molecule has 0 saturated carbocycles. The summed E-state index contributed by atoms with van der Waals surface area (Å²) >= 11 is 0. The van der Waals surface area contributed by atoms with Crippen molar-refractivity contribution < 1.29 is 89.4 Å². The van der Waals surface area contributed by atoms with E-state index in [1.807, 2.05) is 6.08 Å². The van der Waals surface area contributed by atoms with Crippen LogP contribution in [0.5, 0.6) is 0 Å². The van der Waals surface area contributed by atoms with Crippen LogP contribution < -0.4 is 5.32 Å². The maximum atomic E-state index is 13.5. The van der Waals surface area contributed by atoms with Crippen LogP contribution in [-0.2, 0) is 33.2 Å². The molecule has 0 radical (unpaired) electrons. The summed E-state index contributed by atoms with van der Waals surface area (Å²) < 4.78 is 34.5. The van der Waals surface area contributed by atoms with Crippen LogP contribution >= 0.6 is 0 Å². The standard InChI is InChI=1S/C81H153NO18/c1-3-5-7-9-11-13-15-17-19-21-23-25-27-29-31-33-34-36-38-40-42-44-46-48-50-52-54-56-58-65(86)64(82-69(87)59-57-55-53-51-49-47-45-43-41-39-37-35-32-30-28-26-24-22-20-18-16-14-12-10-8-6-4-2)63-95-79-75(93)72(90)77(67(61-84)97-79)100-81-76(94)73(91)78(68(62-85)98-81)99-80-74(92)71(89)70(88)66(60-83)96-80/h22,24,56,58,64-68,70-81,83-86,88-94H,3-21,23,25-55,57,59-63H2,1-2H3,(H,82,87)/b24-22-,58-56+. The van der Waals surface area contributed by atoms with Crippen LogP contribution in [0, 0.1) is 0 Å². The molecule has 3 rings (SSSR count). The number of hydrogen-bond donors (Lipinski definition) is 12. The van der Waals surface area contributed by atoms with E-state index in [1.165, 1.54) is 283 Å². The number of carbonyl (C=O) groups excluding carboxylic acids is 1. The van der Waals surface area contributed by atoms with Crippen molar-refractivity contribution in [2.75, 3.05) is 26.4 Å². The minimum absolute atomic E-state index is 0.247. The second-order valence-corrected chi connectivity index (χ2v) is 29.9. The zero-order chi connectivity index (χ0) is 72.5. The van der Waals surface area contributed by atoms with Crippen LogP contribution in [-0.4, -0.2) is 193 Å². The molecule has 19 heteroatoms. The Morgan fingerprint density at radius 2 is 0.630 bits per heavy atom. The summed E-state index contributed by atoms with van der Waals surface area (Å²) in [5.74, 6) is -0.268. The van der Waals surface area contributed by atoms with Gasteiger partial charge in [0.25, 0.3) is 0 Å². The maximum absolute atomic E-state index is 13.5. The number of aliphatic hydroxyl groups excluding tert-OH is 11. The van der Waals surface area contributed by atoms with Gasteiger partial charge in [-0.1, -0.05) is 327 Å². The molecule has 3 aliphatic heterocycles. The molecule has 0 aromatic heterocycles. The number of ether oxygens (including phenoxy) is 6. The summed E-state index contributed by atoms with van der Waals surface area (Å²) in [6, 6.07) is -0.973. The molecule has 0 aromatic carbocycles. The van der Waals surface area contributed by atoms with E-state index in [2.05, 4.69) is 31.3 Å². The monoisotopic (exact) mass is 1430 g/mol. The first kappa shape index (κ1) is 92.5. The molecule has 19 nitrogen and oxygen atoms in total. The number of unbranched alkanes of at least 4 members (excludes halogenated alkanes) is 49. The van der Waals surface area contributed by atoms with Crippen molar-refractivity contribution in [3.8, 4) is 0 Å². The highest BCUT2D eigenvalue weighted by atomic mass is 16.8. The highest BCUT2D eigenvalue weighted by molar-refractivity contribution is 5.76. The molecule has 1 amide bonds. The highest BCUT2D eigenvalue weighted by Gasteiger charge is 2.54. The van der Waals surface area contributed by atoms with Gasteiger partial charge in [-0.25, -0.2) is 0 Å². The fourth-order valence-electron chi connectivity index (χ4n) is 14.3. The number of rotatable bonds is 67. The van der Waals surface area contributed by atoms with Crippen LogP contribution in [0.4, 0.5) is 0 Å². The van der Waals surface area contributed by atoms with E-state index in [-0.39, 0.29) is 18.9 Å². The number of allylic oxidation sites excluding steroid dienone is 3. The predicted molar refractivity (Wildman–Crippen MR) is 397 cm³/mol. The van der Waals surface area contributed by atoms with Crippen molar-refractivity contribution in [2.45, 2.75) is 458 Å². The molecule has 0 spiro atoms. The lowest BCUT2D eigenvalue weighted by Gasteiger charge is -2.48. The van der Waals surface area contributed by atoms with E-state index in [0.29, 0.717) is 6.42 Å². The summed E-state index contributed by atoms with van der Waals surface area (Å²) in [5, 5.41) is 121. The Labute approximate surface area is 607 Å². The van der Waals surface area contributed by atoms with Crippen molar-refractivity contribution in [2.24, 2.45) is 0 Å². The van der Waals surface area contributed by atoms with Crippen molar-refractivity contribution in [3.63, 3.8) is 0 Å².